The Bertz CT molecular complexity index is 285. The summed E-state index contributed by atoms with van der Waals surface area (Å²) in [5.74, 6) is 0. The number of hydrogen-bond acceptors (Lipinski definition) is 2. The summed E-state index contributed by atoms with van der Waals surface area (Å²) < 4.78 is 4.97. The average Bonchev–Trinajstić information content (AvgIpc) is 2.05. The SMILES string of the molecule is Cc1ccc(C(C)(C)OC=O)cc1. The van der Waals surface area contributed by atoms with Crippen molar-refractivity contribution in [1.82, 2.24) is 0 Å². The molecule has 0 N–H and O–H groups in total. The lowest BCUT2D eigenvalue weighted by atomic mass is 9.97. The molecule has 1 rings (SSSR count). The van der Waals surface area contributed by atoms with E-state index in [1.165, 1.54) is 5.56 Å². The maximum atomic E-state index is 10.2. The minimum absolute atomic E-state index is 0.486. The number of carbonyl (C=O) groups is 1. The standard InChI is InChI=1S/C11H14O2/c1-9-4-6-10(7-5-9)11(2,3)13-8-12/h4-8H,1-3H3. The molecule has 0 saturated carbocycles. The van der Waals surface area contributed by atoms with Crippen LogP contribution in [-0.4, -0.2) is 6.47 Å². The van der Waals surface area contributed by atoms with Crippen LogP contribution in [0.4, 0.5) is 0 Å². The van der Waals surface area contributed by atoms with Crippen LogP contribution in [0.3, 0.4) is 0 Å². The van der Waals surface area contributed by atoms with Crippen LogP contribution in [-0.2, 0) is 15.1 Å². The third-order valence-electron chi connectivity index (χ3n) is 2.09. The van der Waals surface area contributed by atoms with Gasteiger partial charge in [-0.15, -0.1) is 0 Å². The molecule has 70 valence electrons. The minimum atomic E-state index is -0.532. The Kier molecular flexibility index (Phi) is 2.71. The highest BCUT2D eigenvalue weighted by Gasteiger charge is 2.20. The Hall–Kier alpha value is -1.31. The van der Waals surface area contributed by atoms with Crippen molar-refractivity contribution < 1.29 is 9.53 Å². The highest BCUT2D eigenvalue weighted by atomic mass is 16.5. The first-order valence-corrected chi connectivity index (χ1v) is 4.25. The summed E-state index contributed by atoms with van der Waals surface area (Å²) in [7, 11) is 0. The largest absolute Gasteiger partial charge is 0.457 e. The van der Waals surface area contributed by atoms with E-state index in [9.17, 15) is 4.79 Å². The zero-order valence-electron chi connectivity index (χ0n) is 8.20. The summed E-state index contributed by atoms with van der Waals surface area (Å²) in [6, 6.07) is 7.95. The van der Waals surface area contributed by atoms with Gasteiger partial charge in [0.25, 0.3) is 6.47 Å². The van der Waals surface area contributed by atoms with Crippen molar-refractivity contribution in [3.8, 4) is 0 Å². The van der Waals surface area contributed by atoms with E-state index < -0.39 is 5.60 Å². The van der Waals surface area contributed by atoms with Gasteiger partial charge in [0.2, 0.25) is 0 Å². The van der Waals surface area contributed by atoms with Crippen molar-refractivity contribution in [2.24, 2.45) is 0 Å². The normalized spacial score (nSPS) is 11.0. The van der Waals surface area contributed by atoms with Gasteiger partial charge in [-0.1, -0.05) is 29.8 Å². The lowest BCUT2D eigenvalue weighted by Crippen LogP contribution is -2.20. The zero-order chi connectivity index (χ0) is 9.90. The molecule has 0 amide bonds. The van der Waals surface area contributed by atoms with Crippen LogP contribution in [0, 0.1) is 6.92 Å². The molecule has 0 fully saturated rings. The van der Waals surface area contributed by atoms with Gasteiger partial charge in [0.15, 0.2) is 0 Å². The number of hydrogen-bond donors (Lipinski definition) is 0. The Balaban J connectivity index is 2.93. The molecule has 0 unspecified atom stereocenters. The van der Waals surface area contributed by atoms with Gasteiger partial charge < -0.3 is 4.74 Å². The number of aryl methyl sites for hydroxylation is 1. The molecule has 0 aliphatic heterocycles. The first kappa shape index (κ1) is 9.78. The second-order valence-corrected chi connectivity index (χ2v) is 3.59. The van der Waals surface area contributed by atoms with Crippen LogP contribution >= 0.6 is 0 Å². The third-order valence-corrected chi connectivity index (χ3v) is 2.09. The Labute approximate surface area is 78.5 Å². The Morgan fingerprint density at radius 1 is 1.23 bits per heavy atom. The fraction of sp³-hybridized carbons (Fsp3) is 0.364. The number of benzene rings is 1. The van der Waals surface area contributed by atoms with Crippen LogP contribution in [0.1, 0.15) is 25.0 Å². The smallest absolute Gasteiger partial charge is 0.293 e. The summed E-state index contributed by atoms with van der Waals surface area (Å²) in [6.45, 7) is 6.25. The van der Waals surface area contributed by atoms with Crippen LogP contribution in [0.25, 0.3) is 0 Å². The molecule has 0 aromatic heterocycles. The fourth-order valence-electron chi connectivity index (χ4n) is 1.14. The maximum Gasteiger partial charge on any atom is 0.293 e. The van der Waals surface area contributed by atoms with E-state index in [-0.39, 0.29) is 0 Å². The summed E-state index contributed by atoms with van der Waals surface area (Å²) in [6.07, 6.45) is 0. The van der Waals surface area contributed by atoms with E-state index in [4.69, 9.17) is 4.74 Å². The quantitative estimate of drug-likeness (QED) is 0.664. The number of carbonyl (C=O) groups excluding carboxylic acids is 1. The predicted octanol–water partition coefficient (Wildman–Crippen LogP) is 2.40. The van der Waals surface area contributed by atoms with E-state index in [2.05, 4.69) is 0 Å². The molecule has 2 heteroatoms. The third kappa shape index (κ3) is 2.31. The fourth-order valence-corrected chi connectivity index (χ4v) is 1.14. The summed E-state index contributed by atoms with van der Waals surface area (Å²) in [5.41, 5.74) is 1.67. The molecule has 1 aromatic rings. The monoisotopic (exact) mass is 178 g/mol. The molecule has 0 saturated heterocycles. The molecule has 0 spiro atoms. The van der Waals surface area contributed by atoms with Gasteiger partial charge in [-0.2, -0.15) is 0 Å². The van der Waals surface area contributed by atoms with E-state index >= 15 is 0 Å². The molecule has 0 aliphatic rings. The molecule has 13 heavy (non-hydrogen) atoms. The van der Waals surface area contributed by atoms with E-state index in [1.54, 1.807) is 0 Å². The van der Waals surface area contributed by atoms with Gasteiger partial charge in [-0.25, -0.2) is 0 Å². The van der Waals surface area contributed by atoms with Crippen LogP contribution < -0.4 is 0 Å². The number of rotatable bonds is 3. The van der Waals surface area contributed by atoms with Gasteiger partial charge >= 0.3 is 0 Å². The van der Waals surface area contributed by atoms with Gasteiger partial charge in [-0.3, -0.25) is 4.79 Å². The number of ether oxygens (including phenoxy) is 1. The minimum Gasteiger partial charge on any atom is -0.457 e. The molecular formula is C11H14O2. The van der Waals surface area contributed by atoms with E-state index in [0.717, 1.165) is 5.56 Å². The summed E-state index contributed by atoms with van der Waals surface area (Å²) in [4.78, 5) is 10.2. The van der Waals surface area contributed by atoms with Crippen LogP contribution in [0.2, 0.25) is 0 Å². The highest BCUT2D eigenvalue weighted by Crippen LogP contribution is 2.23. The lowest BCUT2D eigenvalue weighted by molar-refractivity contribution is -0.141. The topological polar surface area (TPSA) is 26.3 Å². The molecule has 0 radical (unpaired) electrons. The molecule has 0 aliphatic carbocycles. The molecule has 1 aromatic carbocycles. The van der Waals surface area contributed by atoms with Crippen molar-refractivity contribution in [2.75, 3.05) is 0 Å². The van der Waals surface area contributed by atoms with Gasteiger partial charge in [0.1, 0.15) is 5.60 Å². The van der Waals surface area contributed by atoms with Crippen molar-refractivity contribution in [3.05, 3.63) is 35.4 Å². The first-order valence-electron chi connectivity index (χ1n) is 4.25. The van der Waals surface area contributed by atoms with Crippen molar-refractivity contribution in [3.63, 3.8) is 0 Å². The molecular weight excluding hydrogens is 164 g/mol. The molecule has 0 atom stereocenters. The average molecular weight is 178 g/mol. The predicted molar refractivity (Wildman–Crippen MR) is 51.4 cm³/mol. The lowest BCUT2D eigenvalue weighted by Gasteiger charge is -2.22. The van der Waals surface area contributed by atoms with Crippen molar-refractivity contribution in [2.45, 2.75) is 26.4 Å². The van der Waals surface area contributed by atoms with Gasteiger partial charge in [0, 0.05) is 0 Å². The second kappa shape index (κ2) is 3.60. The molecule has 2 nitrogen and oxygen atoms in total. The Morgan fingerprint density at radius 2 is 1.77 bits per heavy atom. The summed E-state index contributed by atoms with van der Waals surface area (Å²) in [5, 5.41) is 0. The maximum absolute atomic E-state index is 10.2. The van der Waals surface area contributed by atoms with E-state index in [1.807, 2.05) is 45.0 Å². The van der Waals surface area contributed by atoms with Crippen LogP contribution in [0.15, 0.2) is 24.3 Å². The molecule has 0 heterocycles. The highest BCUT2D eigenvalue weighted by molar-refractivity contribution is 5.40. The summed E-state index contributed by atoms with van der Waals surface area (Å²) >= 11 is 0. The van der Waals surface area contributed by atoms with Crippen molar-refractivity contribution in [1.29, 1.82) is 0 Å². The van der Waals surface area contributed by atoms with Crippen LogP contribution in [0.5, 0.6) is 0 Å². The first-order chi connectivity index (χ1) is 6.06. The zero-order valence-corrected chi connectivity index (χ0v) is 8.20. The second-order valence-electron chi connectivity index (χ2n) is 3.59. The van der Waals surface area contributed by atoms with E-state index in [0.29, 0.717) is 6.47 Å². The Morgan fingerprint density at radius 3 is 2.23 bits per heavy atom. The van der Waals surface area contributed by atoms with Gasteiger partial charge in [-0.05, 0) is 26.3 Å². The van der Waals surface area contributed by atoms with Gasteiger partial charge in [0.05, 0.1) is 0 Å². The van der Waals surface area contributed by atoms with Crippen molar-refractivity contribution >= 4 is 6.47 Å². The molecule has 0 bridgehead atoms.